The van der Waals surface area contributed by atoms with Crippen LogP contribution in [-0.4, -0.2) is 19.0 Å². The second kappa shape index (κ2) is 4.21. The van der Waals surface area contributed by atoms with E-state index in [9.17, 15) is 4.79 Å². The molecule has 0 aromatic carbocycles. The number of nitrogens with one attached hydrogen (secondary N) is 1. The average molecular weight is 262 g/mol. The molecule has 0 radical (unpaired) electrons. The molecular weight excluding hydrogens is 236 g/mol. The van der Waals surface area contributed by atoms with Crippen molar-refractivity contribution in [2.75, 3.05) is 13.1 Å². The van der Waals surface area contributed by atoms with E-state index in [2.05, 4.69) is 5.32 Å². The maximum absolute atomic E-state index is 11.5. The van der Waals surface area contributed by atoms with Crippen LogP contribution in [-0.2, 0) is 4.79 Å². The number of hydrogen-bond donors (Lipinski definition) is 2. The molecule has 1 saturated heterocycles. The fourth-order valence-electron chi connectivity index (χ4n) is 6.33. The lowest BCUT2D eigenvalue weighted by atomic mass is 9.45. The number of carbonyl (C=O) groups excluding carboxylic acids is 1. The third-order valence-electron chi connectivity index (χ3n) is 6.83. The first-order valence-electron chi connectivity index (χ1n) is 8.17. The van der Waals surface area contributed by atoms with Gasteiger partial charge in [0.15, 0.2) is 0 Å². The highest BCUT2D eigenvalue weighted by Gasteiger charge is 2.55. The summed E-state index contributed by atoms with van der Waals surface area (Å²) in [6.07, 6.45) is 9.04. The Morgan fingerprint density at radius 3 is 2.21 bits per heavy atom. The molecule has 0 aromatic heterocycles. The van der Waals surface area contributed by atoms with Gasteiger partial charge < -0.3 is 11.1 Å². The van der Waals surface area contributed by atoms with Gasteiger partial charge in [-0.1, -0.05) is 0 Å². The van der Waals surface area contributed by atoms with E-state index in [1.165, 1.54) is 32.1 Å². The van der Waals surface area contributed by atoms with E-state index in [0.717, 1.165) is 49.1 Å². The van der Waals surface area contributed by atoms with Crippen LogP contribution in [0.25, 0.3) is 0 Å². The monoisotopic (exact) mass is 262 g/mol. The Labute approximate surface area is 115 Å². The van der Waals surface area contributed by atoms with E-state index < -0.39 is 0 Å². The van der Waals surface area contributed by atoms with Gasteiger partial charge in [0.2, 0.25) is 5.91 Å². The summed E-state index contributed by atoms with van der Waals surface area (Å²) in [6.45, 7) is 1.61. The van der Waals surface area contributed by atoms with Gasteiger partial charge in [0, 0.05) is 18.4 Å². The molecule has 19 heavy (non-hydrogen) atoms. The number of nitrogens with two attached hydrogens (primary N) is 1. The highest BCUT2D eigenvalue weighted by atomic mass is 16.1. The summed E-state index contributed by atoms with van der Waals surface area (Å²) in [5.74, 6) is 4.89. The van der Waals surface area contributed by atoms with Crippen LogP contribution in [0, 0.1) is 35.0 Å². The molecule has 0 aromatic rings. The standard InChI is InChI=1S/C16H26N2O/c17-8-16(2-1-14(19)18-9-16)15-12-4-10-3-11(6-12)7-13(15)5-10/h10-13,15H,1-9,17H2,(H,18,19). The maximum Gasteiger partial charge on any atom is 0.220 e. The van der Waals surface area contributed by atoms with Gasteiger partial charge in [-0.15, -0.1) is 0 Å². The Morgan fingerprint density at radius 1 is 1.11 bits per heavy atom. The van der Waals surface area contributed by atoms with Gasteiger partial charge in [-0.05, 0) is 74.7 Å². The molecule has 3 nitrogen and oxygen atoms in total. The zero-order valence-electron chi connectivity index (χ0n) is 11.7. The highest BCUT2D eigenvalue weighted by molar-refractivity contribution is 5.76. The van der Waals surface area contributed by atoms with Crippen LogP contribution in [0.15, 0.2) is 0 Å². The fraction of sp³-hybridized carbons (Fsp3) is 0.938. The molecule has 5 rings (SSSR count). The number of amides is 1. The third kappa shape index (κ3) is 1.77. The predicted octanol–water partition coefficient (Wildman–Crippen LogP) is 1.91. The lowest BCUT2D eigenvalue weighted by molar-refractivity contribution is -0.132. The van der Waals surface area contributed by atoms with Crippen LogP contribution in [0.1, 0.15) is 44.9 Å². The zero-order chi connectivity index (χ0) is 13.0. The molecule has 1 amide bonds. The molecule has 3 N–H and O–H groups in total. The molecule has 5 aliphatic rings. The Hall–Kier alpha value is -0.570. The zero-order valence-corrected chi connectivity index (χ0v) is 11.7. The molecule has 1 atom stereocenters. The van der Waals surface area contributed by atoms with Gasteiger partial charge in [-0.25, -0.2) is 0 Å². The molecule has 4 aliphatic carbocycles. The molecule has 1 heterocycles. The summed E-state index contributed by atoms with van der Waals surface area (Å²) >= 11 is 0. The Morgan fingerprint density at radius 2 is 1.74 bits per heavy atom. The number of piperidine rings is 1. The molecule has 4 saturated carbocycles. The normalized spacial score (nSPS) is 52.3. The Balaban J connectivity index is 1.61. The quantitative estimate of drug-likeness (QED) is 0.799. The van der Waals surface area contributed by atoms with Gasteiger partial charge in [0.25, 0.3) is 0 Å². The first kappa shape index (κ1) is 12.2. The Bertz CT molecular complexity index is 354. The largest absolute Gasteiger partial charge is 0.355 e. The number of carbonyl (C=O) groups is 1. The third-order valence-corrected chi connectivity index (χ3v) is 6.83. The minimum atomic E-state index is 0.219. The van der Waals surface area contributed by atoms with Crippen molar-refractivity contribution in [3.05, 3.63) is 0 Å². The van der Waals surface area contributed by atoms with Crippen LogP contribution < -0.4 is 11.1 Å². The molecule has 3 heteroatoms. The van der Waals surface area contributed by atoms with Crippen LogP contribution in [0.5, 0.6) is 0 Å². The summed E-state index contributed by atoms with van der Waals surface area (Å²) in [4.78, 5) is 11.5. The fourth-order valence-corrected chi connectivity index (χ4v) is 6.33. The van der Waals surface area contributed by atoms with Crippen LogP contribution in [0.3, 0.4) is 0 Å². The lowest BCUT2D eigenvalue weighted by Crippen LogP contribution is -2.59. The Kier molecular flexibility index (Phi) is 2.70. The SMILES string of the molecule is NCC1(C2C3CC4CC(C3)CC2C4)CCC(=O)NC1. The molecular formula is C16H26N2O. The second-order valence-electron chi connectivity index (χ2n) is 7.80. The van der Waals surface area contributed by atoms with Crippen molar-refractivity contribution in [3.8, 4) is 0 Å². The number of hydrogen-bond acceptors (Lipinski definition) is 2. The van der Waals surface area contributed by atoms with E-state index >= 15 is 0 Å². The van der Waals surface area contributed by atoms with Crippen molar-refractivity contribution >= 4 is 5.91 Å². The summed E-state index contributed by atoms with van der Waals surface area (Å²) in [5, 5.41) is 3.11. The second-order valence-corrected chi connectivity index (χ2v) is 7.80. The van der Waals surface area contributed by atoms with Gasteiger partial charge in [0.05, 0.1) is 0 Å². The summed E-state index contributed by atoms with van der Waals surface area (Å²) < 4.78 is 0. The van der Waals surface area contributed by atoms with Crippen molar-refractivity contribution < 1.29 is 4.79 Å². The van der Waals surface area contributed by atoms with Crippen LogP contribution in [0.4, 0.5) is 0 Å². The summed E-state index contributed by atoms with van der Waals surface area (Å²) in [7, 11) is 0. The molecule has 4 bridgehead atoms. The molecule has 5 fully saturated rings. The van der Waals surface area contributed by atoms with E-state index in [1.807, 2.05) is 0 Å². The first-order chi connectivity index (χ1) is 9.20. The molecule has 1 aliphatic heterocycles. The van der Waals surface area contributed by atoms with Crippen LogP contribution >= 0.6 is 0 Å². The van der Waals surface area contributed by atoms with Gasteiger partial charge in [-0.2, -0.15) is 0 Å². The minimum absolute atomic E-state index is 0.219. The van der Waals surface area contributed by atoms with E-state index in [4.69, 9.17) is 5.73 Å². The van der Waals surface area contributed by atoms with Gasteiger partial charge in [0.1, 0.15) is 0 Å². The van der Waals surface area contributed by atoms with E-state index in [0.29, 0.717) is 6.42 Å². The van der Waals surface area contributed by atoms with Crippen molar-refractivity contribution in [1.29, 1.82) is 0 Å². The lowest BCUT2D eigenvalue weighted by Gasteiger charge is -2.60. The summed E-state index contributed by atoms with van der Waals surface area (Å²) in [5.41, 5.74) is 6.43. The van der Waals surface area contributed by atoms with Crippen molar-refractivity contribution in [3.63, 3.8) is 0 Å². The first-order valence-corrected chi connectivity index (χ1v) is 8.17. The van der Waals surface area contributed by atoms with Crippen molar-refractivity contribution in [1.82, 2.24) is 5.32 Å². The molecule has 0 spiro atoms. The summed E-state index contributed by atoms with van der Waals surface area (Å²) in [6, 6.07) is 0. The predicted molar refractivity (Wildman–Crippen MR) is 74.3 cm³/mol. The maximum atomic E-state index is 11.5. The van der Waals surface area contributed by atoms with Gasteiger partial charge in [-0.3, -0.25) is 4.79 Å². The van der Waals surface area contributed by atoms with Crippen LogP contribution in [0.2, 0.25) is 0 Å². The van der Waals surface area contributed by atoms with E-state index in [1.54, 1.807) is 0 Å². The molecule has 1 unspecified atom stereocenters. The average Bonchev–Trinajstić information content (AvgIpc) is 2.40. The smallest absolute Gasteiger partial charge is 0.220 e. The topological polar surface area (TPSA) is 55.1 Å². The number of rotatable bonds is 2. The van der Waals surface area contributed by atoms with Crippen molar-refractivity contribution in [2.24, 2.45) is 40.7 Å². The highest BCUT2D eigenvalue weighted by Crippen LogP contribution is 2.61. The van der Waals surface area contributed by atoms with Gasteiger partial charge >= 0.3 is 0 Å². The molecule has 106 valence electrons. The van der Waals surface area contributed by atoms with Crippen molar-refractivity contribution in [2.45, 2.75) is 44.9 Å². The van der Waals surface area contributed by atoms with E-state index in [-0.39, 0.29) is 11.3 Å². The minimum Gasteiger partial charge on any atom is -0.355 e.